The summed E-state index contributed by atoms with van der Waals surface area (Å²) in [5, 5.41) is 0.772. The molecule has 2 aromatic heterocycles. The van der Waals surface area contributed by atoms with Gasteiger partial charge in [-0.15, -0.1) is 0 Å². The molecule has 2 heterocycles. The Kier molecular flexibility index (Phi) is 1.62. The summed E-state index contributed by atoms with van der Waals surface area (Å²) in [5.74, 6) is -0.572. The summed E-state index contributed by atoms with van der Waals surface area (Å²) in [7, 11) is 0. The third kappa shape index (κ3) is 1.21. The molecule has 0 fully saturated rings. The zero-order chi connectivity index (χ0) is 8.55. The van der Waals surface area contributed by atoms with Crippen molar-refractivity contribution < 1.29 is 4.39 Å². The maximum atomic E-state index is 12.6. The fourth-order valence-electron chi connectivity index (χ4n) is 0.878. The van der Waals surface area contributed by atoms with Gasteiger partial charge in [-0.05, 0) is 11.6 Å². The monoisotopic (exact) mass is 183 g/mol. The lowest BCUT2D eigenvalue weighted by atomic mass is 10.3. The lowest BCUT2D eigenvalue weighted by molar-refractivity contribution is 0.586. The van der Waals surface area contributed by atoms with Gasteiger partial charge >= 0.3 is 0 Å². The second-order valence-corrected chi connectivity index (χ2v) is 2.54. The van der Waals surface area contributed by atoms with Gasteiger partial charge in [0.25, 0.3) is 0 Å². The molecule has 0 aliphatic carbocycles. The van der Waals surface area contributed by atoms with Crippen LogP contribution in [0, 0.1) is 5.95 Å². The van der Waals surface area contributed by atoms with Crippen molar-refractivity contribution >= 4 is 22.5 Å². The second kappa shape index (κ2) is 2.64. The van der Waals surface area contributed by atoms with E-state index in [0.29, 0.717) is 10.9 Å². The maximum absolute atomic E-state index is 12.6. The largest absolute Gasteiger partial charge is 0.227 e. The van der Waals surface area contributed by atoms with Crippen molar-refractivity contribution in [2.45, 2.75) is 0 Å². The molecule has 0 bridgehead atoms. The lowest BCUT2D eigenvalue weighted by Crippen LogP contribution is -1.87. The van der Waals surface area contributed by atoms with Gasteiger partial charge in [-0.2, -0.15) is 4.39 Å². The first-order valence-electron chi connectivity index (χ1n) is 3.19. The molecule has 2 rings (SSSR count). The van der Waals surface area contributed by atoms with Crippen LogP contribution in [-0.2, 0) is 0 Å². The molecule has 0 spiro atoms. The molecule has 0 unspecified atom stereocenters. The number of hydrogen-bond acceptors (Lipinski definition) is 3. The van der Waals surface area contributed by atoms with Crippen LogP contribution in [0.4, 0.5) is 4.39 Å². The van der Waals surface area contributed by atoms with E-state index < -0.39 is 5.95 Å². The van der Waals surface area contributed by atoms with Gasteiger partial charge in [0.2, 0.25) is 11.2 Å². The van der Waals surface area contributed by atoms with Crippen LogP contribution >= 0.6 is 11.6 Å². The third-order valence-corrected chi connectivity index (χ3v) is 1.58. The van der Waals surface area contributed by atoms with Gasteiger partial charge in [-0.1, -0.05) is 0 Å². The zero-order valence-electron chi connectivity index (χ0n) is 5.83. The molecule has 0 saturated heterocycles. The van der Waals surface area contributed by atoms with E-state index in [2.05, 4.69) is 15.0 Å². The SMILES string of the molecule is Fc1cc2nc(Cl)ncc2cn1. The molecule has 0 aromatic carbocycles. The number of pyridine rings is 1. The van der Waals surface area contributed by atoms with Gasteiger partial charge in [0.15, 0.2) is 0 Å². The predicted molar refractivity (Wildman–Crippen MR) is 42.3 cm³/mol. The van der Waals surface area contributed by atoms with E-state index in [0.717, 1.165) is 0 Å². The van der Waals surface area contributed by atoms with Crippen molar-refractivity contribution in [1.82, 2.24) is 15.0 Å². The molecule has 2 aromatic rings. The summed E-state index contributed by atoms with van der Waals surface area (Å²) in [6, 6.07) is 1.21. The smallest absolute Gasteiger partial charge is 0.222 e. The number of halogens is 2. The summed E-state index contributed by atoms with van der Waals surface area (Å²) in [6.07, 6.45) is 2.86. The molecule has 0 aliphatic heterocycles. The zero-order valence-corrected chi connectivity index (χ0v) is 6.59. The summed E-state index contributed by atoms with van der Waals surface area (Å²) < 4.78 is 12.6. The minimum Gasteiger partial charge on any atom is -0.227 e. The molecule has 60 valence electrons. The highest BCUT2D eigenvalue weighted by Crippen LogP contribution is 2.11. The van der Waals surface area contributed by atoms with Crippen molar-refractivity contribution in [2.24, 2.45) is 0 Å². The lowest BCUT2D eigenvalue weighted by Gasteiger charge is -1.94. The fourth-order valence-corrected chi connectivity index (χ4v) is 1.02. The van der Waals surface area contributed by atoms with Crippen LogP contribution in [0.3, 0.4) is 0 Å². The number of rotatable bonds is 0. The van der Waals surface area contributed by atoms with Gasteiger partial charge in [0.05, 0.1) is 5.52 Å². The van der Waals surface area contributed by atoms with Crippen LogP contribution in [-0.4, -0.2) is 15.0 Å². The van der Waals surface area contributed by atoms with Gasteiger partial charge < -0.3 is 0 Å². The molecule has 0 saturated carbocycles. The highest BCUT2D eigenvalue weighted by Gasteiger charge is 1.99. The average Bonchev–Trinajstić information content (AvgIpc) is 2.03. The Morgan fingerprint density at radius 1 is 1.25 bits per heavy atom. The van der Waals surface area contributed by atoms with Crippen LogP contribution in [0.2, 0.25) is 5.28 Å². The maximum Gasteiger partial charge on any atom is 0.222 e. The van der Waals surface area contributed by atoms with E-state index in [1.54, 1.807) is 0 Å². The molecule has 3 nitrogen and oxygen atoms in total. The van der Waals surface area contributed by atoms with E-state index in [1.807, 2.05) is 0 Å². The van der Waals surface area contributed by atoms with Gasteiger partial charge in [0, 0.05) is 23.8 Å². The Morgan fingerprint density at radius 3 is 2.83 bits per heavy atom. The summed E-state index contributed by atoms with van der Waals surface area (Å²) in [6.45, 7) is 0. The molecule has 0 N–H and O–H groups in total. The van der Waals surface area contributed by atoms with E-state index >= 15 is 0 Å². The summed E-state index contributed by atoms with van der Waals surface area (Å²) in [5.41, 5.74) is 0.461. The van der Waals surface area contributed by atoms with Crippen molar-refractivity contribution in [2.75, 3.05) is 0 Å². The molecule has 0 radical (unpaired) electrons. The molecular formula is C7H3ClFN3. The standard InChI is InChI=1S/C7H3ClFN3/c8-7-11-3-4-2-10-6(9)1-5(4)12-7/h1-3H. The van der Waals surface area contributed by atoms with Crippen molar-refractivity contribution in [3.63, 3.8) is 0 Å². The first kappa shape index (κ1) is 7.36. The Morgan fingerprint density at radius 2 is 2.00 bits per heavy atom. The molecular weight excluding hydrogens is 181 g/mol. The highest BCUT2D eigenvalue weighted by molar-refractivity contribution is 6.28. The molecule has 0 aliphatic rings. The Labute approximate surface area is 72.2 Å². The van der Waals surface area contributed by atoms with Crippen LogP contribution in [0.5, 0.6) is 0 Å². The Balaban J connectivity index is 2.80. The van der Waals surface area contributed by atoms with Crippen LogP contribution < -0.4 is 0 Å². The van der Waals surface area contributed by atoms with Gasteiger partial charge in [-0.25, -0.2) is 15.0 Å². The Hall–Kier alpha value is -1.29. The number of fused-ring (bicyclic) bond motifs is 1. The minimum absolute atomic E-state index is 0.105. The van der Waals surface area contributed by atoms with Gasteiger partial charge in [0.1, 0.15) is 0 Å². The summed E-state index contributed by atoms with van der Waals surface area (Å²) in [4.78, 5) is 11.0. The van der Waals surface area contributed by atoms with Crippen LogP contribution in [0.25, 0.3) is 10.9 Å². The molecule has 0 amide bonds. The second-order valence-electron chi connectivity index (χ2n) is 2.20. The number of hydrogen-bond donors (Lipinski definition) is 0. The Bertz CT molecular complexity index is 395. The highest BCUT2D eigenvalue weighted by atomic mass is 35.5. The van der Waals surface area contributed by atoms with E-state index in [-0.39, 0.29) is 5.28 Å². The van der Waals surface area contributed by atoms with Crippen LogP contribution in [0.15, 0.2) is 18.5 Å². The molecule has 12 heavy (non-hydrogen) atoms. The topological polar surface area (TPSA) is 38.7 Å². The van der Waals surface area contributed by atoms with Crippen LogP contribution in [0.1, 0.15) is 0 Å². The van der Waals surface area contributed by atoms with E-state index in [4.69, 9.17) is 11.6 Å². The van der Waals surface area contributed by atoms with Gasteiger partial charge in [-0.3, -0.25) is 0 Å². The van der Waals surface area contributed by atoms with Crippen molar-refractivity contribution in [3.8, 4) is 0 Å². The minimum atomic E-state index is -0.572. The molecule has 5 heteroatoms. The number of aromatic nitrogens is 3. The quantitative estimate of drug-likeness (QED) is 0.462. The van der Waals surface area contributed by atoms with E-state index in [9.17, 15) is 4.39 Å². The normalized spacial score (nSPS) is 10.5. The predicted octanol–water partition coefficient (Wildman–Crippen LogP) is 1.82. The summed E-state index contributed by atoms with van der Waals surface area (Å²) >= 11 is 5.51. The first-order chi connectivity index (χ1) is 5.75. The average molecular weight is 184 g/mol. The third-order valence-electron chi connectivity index (χ3n) is 1.40. The molecule has 0 atom stereocenters. The van der Waals surface area contributed by atoms with Crippen molar-refractivity contribution in [1.29, 1.82) is 0 Å². The van der Waals surface area contributed by atoms with Crippen molar-refractivity contribution in [3.05, 3.63) is 29.7 Å². The first-order valence-corrected chi connectivity index (χ1v) is 3.57. The fraction of sp³-hybridized carbons (Fsp3) is 0. The van der Waals surface area contributed by atoms with E-state index in [1.165, 1.54) is 18.5 Å². The number of nitrogens with zero attached hydrogens (tertiary/aromatic N) is 3.